The highest BCUT2D eigenvalue weighted by atomic mass is 16.5. The second kappa shape index (κ2) is 8.09. The molecule has 6 nitrogen and oxygen atoms in total. The lowest BCUT2D eigenvalue weighted by molar-refractivity contribution is -0.134. The number of carbonyl (C=O) groups is 2. The first-order chi connectivity index (χ1) is 13.3. The highest BCUT2D eigenvalue weighted by molar-refractivity contribution is 5.96. The molecular formula is C22H29N3O3. The van der Waals surface area contributed by atoms with Crippen LogP contribution >= 0.6 is 0 Å². The number of aryl methyl sites for hydroxylation is 1. The normalized spacial score (nSPS) is 14.8. The van der Waals surface area contributed by atoms with Crippen molar-refractivity contribution in [2.24, 2.45) is 5.92 Å². The van der Waals surface area contributed by atoms with Crippen LogP contribution < -0.4 is 4.74 Å². The molecule has 1 saturated heterocycles. The zero-order chi connectivity index (χ0) is 20.4. The summed E-state index contributed by atoms with van der Waals surface area (Å²) in [6.07, 6.45) is 1.44. The van der Waals surface area contributed by atoms with Gasteiger partial charge in [0.15, 0.2) is 0 Å². The van der Waals surface area contributed by atoms with Gasteiger partial charge in [-0.05, 0) is 57.0 Å². The molecule has 150 valence electrons. The predicted octanol–water partition coefficient (Wildman–Crippen LogP) is 3.04. The van der Waals surface area contributed by atoms with E-state index in [-0.39, 0.29) is 17.7 Å². The van der Waals surface area contributed by atoms with Crippen LogP contribution in [0.4, 0.5) is 0 Å². The summed E-state index contributed by atoms with van der Waals surface area (Å²) < 4.78 is 7.32. The van der Waals surface area contributed by atoms with E-state index >= 15 is 0 Å². The van der Waals surface area contributed by atoms with Gasteiger partial charge in [-0.2, -0.15) is 0 Å². The van der Waals surface area contributed by atoms with E-state index in [4.69, 9.17) is 4.74 Å². The zero-order valence-corrected chi connectivity index (χ0v) is 17.4. The summed E-state index contributed by atoms with van der Waals surface area (Å²) in [6.45, 7) is 5.23. The monoisotopic (exact) mass is 383 g/mol. The Hall–Kier alpha value is -2.76. The molecular weight excluding hydrogens is 354 g/mol. The molecule has 0 unspecified atom stereocenters. The van der Waals surface area contributed by atoms with Crippen LogP contribution in [-0.4, -0.2) is 60.5 Å². The van der Waals surface area contributed by atoms with Gasteiger partial charge in [0.2, 0.25) is 5.91 Å². The van der Waals surface area contributed by atoms with Crippen LogP contribution in [0.3, 0.4) is 0 Å². The van der Waals surface area contributed by atoms with Crippen LogP contribution in [0, 0.1) is 19.8 Å². The molecule has 2 amide bonds. The number of hydrogen-bond acceptors (Lipinski definition) is 3. The summed E-state index contributed by atoms with van der Waals surface area (Å²) in [5, 5.41) is 0. The fourth-order valence-corrected chi connectivity index (χ4v) is 3.97. The maximum absolute atomic E-state index is 13.1. The number of piperidine rings is 1. The third-order valence-corrected chi connectivity index (χ3v) is 5.56. The van der Waals surface area contributed by atoms with E-state index in [1.54, 1.807) is 26.1 Å². The maximum Gasteiger partial charge on any atom is 0.255 e. The molecule has 28 heavy (non-hydrogen) atoms. The summed E-state index contributed by atoms with van der Waals surface area (Å²) in [7, 11) is 5.22. The first kappa shape index (κ1) is 20.0. The van der Waals surface area contributed by atoms with E-state index in [0.29, 0.717) is 13.1 Å². The number of amides is 2. The zero-order valence-electron chi connectivity index (χ0n) is 17.4. The number of nitrogens with zero attached hydrogens (tertiary/aromatic N) is 3. The molecule has 1 aliphatic heterocycles. The van der Waals surface area contributed by atoms with Crippen molar-refractivity contribution < 1.29 is 14.3 Å². The number of carbonyl (C=O) groups excluding carboxylic acids is 2. The average molecular weight is 383 g/mol. The van der Waals surface area contributed by atoms with Gasteiger partial charge in [0, 0.05) is 50.2 Å². The van der Waals surface area contributed by atoms with E-state index in [9.17, 15) is 9.59 Å². The van der Waals surface area contributed by atoms with Crippen LogP contribution in [0.2, 0.25) is 0 Å². The Morgan fingerprint density at radius 2 is 1.68 bits per heavy atom. The third-order valence-electron chi connectivity index (χ3n) is 5.56. The Kier molecular flexibility index (Phi) is 5.77. The van der Waals surface area contributed by atoms with Crippen molar-refractivity contribution in [1.82, 2.24) is 14.4 Å². The number of rotatable bonds is 4. The van der Waals surface area contributed by atoms with Crippen LogP contribution in [0.25, 0.3) is 5.69 Å². The van der Waals surface area contributed by atoms with Gasteiger partial charge in [0.1, 0.15) is 5.75 Å². The topological polar surface area (TPSA) is 54.8 Å². The second-order valence-corrected chi connectivity index (χ2v) is 7.62. The summed E-state index contributed by atoms with van der Waals surface area (Å²) in [5.41, 5.74) is 3.68. The van der Waals surface area contributed by atoms with Gasteiger partial charge < -0.3 is 19.1 Å². The molecule has 0 atom stereocenters. The molecule has 1 aromatic heterocycles. The minimum Gasteiger partial charge on any atom is -0.497 e. The summed E-state index contributed by atoms with van der Waals surface area (Å²) in [5.74, 6) is 1.02. The van der Waals surface area contributed by atoms with Gasteiger partial charge in [-0.15, -0.1) is 0 Å². The number of likely N-dealkylation sites (tertiary alicyclic amines) is 1. The molecule has 0 bridgehead atoms. The minimum atomic E-state index is 0.0192. The molecule has 1 aromatic carbocycles. The van der Waals surface area contributed by atoms with Crippen LogP contribution in [0.1, 0.15) is 34.6 Å². The smallest absolute Gasteiger partial charge is 0.255 e. The van der Waals surface area contributed by atoms with Crippen molar-refractivity contribution in [2.45, 2.75) is 26.7 Å². The van der Waals surface area contributed by atoms with Gasteiger partial charge in [-0.25, -0.2) is 0 Å². The lowest BCUT2D eigenvalue weighted by Gasteiger charge is -2.32. The summed E-state index contributed by atoms with van der Waals surface area (Å²) >= 11 is 0. The summed E-state index contributed by atoms with van der Waals surface area (Å²) in [6, 6.07) is 9.78. The largest absolute Gasteiger partial charge is 0.497 e. The molecule has 1 aliphatic rings. The van der Waals surface area contributed by atoms with E-state index in [1.807, 2.05) is 49.1 Å². The van der Waals surface area contributed by atoms with Crippen molar-refractivity contribution >= 4 is 11.8 Å². The standard InChI is InChI=1S/C22H29N3O3/c1-15-14-20(16(2)25(15)18-6-8-19(28-5)9-7-18)22(27)24-12-10-17(11-13-24)21(26)23(3)4/h6-9,14,17H,10-13H2,1-5H3. The van der Waals surface area contributed by atoms with Gasteiger partial charge in [0.25, 0.3) is 5.91 Å². The molecule has 0 aliphatic carbocycles. The summed E-state index contributed by atoms with van der Waals surface area (Å²) in [4.78, 5) is 28.8. The molecule has 2 aromatic rings. The first-order valence-electron chi connectivity index (χ1n) is 9.67. The van der Waals surface area contributed by atoms with Gasteiger partial charge in [0.05, 0.1) is 12.7 Å². The highest BCUT2D eigenvalue weighted by Gasteiger charge is 2.30. The molecule has 0 spiro atoms. The van der Waals surface area contributed by atoms with E-state index in [2.05, 4.69) is 4.57 Å². The van der Waals surface area contributed by atoms with Crippen molar-refractivity contribution in [2.75, 3.05) is 34.3 Å². The lowest BCUT2D eigenvalue weighted by Crippen LogP contribution is -2.42. The fourth-order valence-electron chi connectivity index (χ4n) is 3.97. The molecule has 3 rings (SSSR count). The van der Waals surface area contributed by atoms with Gasteiger partial charge in [-0.1, -0.05) is 0 Å². The SMILES string of the molecule is COc1ccc(-n2c(C)cc(C(=O)N3CCC(C(=O)N(C)C)CC3)c2C)cc1. The van der Waals surface area contributed by atoms with Crippen molar-refractivity contribution in [3.63, 3.8) is 0 Å². The van der Waals surface area contributed by atoms with Crippen LogP contribution in [0.5, 0.6) is 5.75 Å². The molecule has 2 heterocycles. The molecule has 0 N–H and O–H groups in total. The maximum atomic E-state index is 13.1. The first-order valence-corrected chi connectivity index (χ1v) is 9.67. The van der Waals surface area contributed by atoms with E-state index in [1.165, 1.54) is 0 Å². The Morgan fingerprint density at radius 1 is 1.07 bits per heavy atom. The fraction of sp³-hybridized carbons (Fsp3) is 0.455. The number of aromatic nitrogens is 1. The molecule has 0 radical (unpaired) electrons. The van der Waals surface area contributed by atoms with Gasteiger partial charge >= 0.3 is 0 Å². The Morgan fingerprint density at radius 3 is 2.21 bits per heavy atom. The average Bonchev–Trinajstić information content (AvgIpc) is 3.01. The number of hydrogen-bond donors (Lipinski definition) is 0. The molecule has 0 saturated carbocycles. The van der Waals surface area contributed by atoms with Crippen LogP contribution in [-0.2, 0) is 4.79 Å². The van der Waals surface area contributed by atoms with Crippen molar-refractivity contribution in [3.05, 3.63) is 47.3 Å². The number of ether oxygens (including phenoxy) is 1. The quantitative estimate of drug-likeness (QED) is 0.815. The van der Waals surface area contributed by atoms with Crippen LogP contribution in [0.15, 0.2) is 30.3 Å². The van der Waals surface area contributed by atoms with Crippen molar-refractivity contribution in [1.29, 1.82) is 0 Å². The molecule has 1 fully saturated rings. The van der Waals surface area contributed by atoms with E-state index < -0.39 is 0 Å². The third kappa shape index (κ3) is 3.77. The second-order valence-electron chi connectivity index (χ2n) is 7.62. The number of benzene rings is 1. The lowest BCUT2D eigenvalue weighted by atomic mass is 9.95. The van der Waals surface area contributed by atoms with E-state index in [0.717, 1.165) is 41.2 Å². The predicted molar refractivity (Wildman–Crippen MR) is 109 cm³/mol. The Bertz CT molecular complexity index is 860. The minimum absolute atomic E-state index is 0.0192. The molecule has 6 heteroatoms. The van der Waals surface area contributed by atoms with Crippen molar-refractivity contribution in [3.8, 4) is 11.4 Å². The Labute approximate surface area is 166 Å². The Balaban J connectivity index is 1.77. The van der Waals surface area contributed by atoms with Gasteiger partial charge in [-0.3, -0.25) is 9.59 Å². The number of methoxy groups -OCH3 is 1. The highest BCUT2D eigenvalue weighted by Crippen LogP contribution is 2.26.